The van der Waals surface area contributed by atoms with Gasteiger partial charge in [0.05, 0.1) is 12.7 Å². The third-order valence-electron chi connectivity index (χ3n) is 2.19. The van der Waals surface area contributed by atoms with E-state index in [2.05, 4.69) is 9.47 Å². The van der Waals surface area contributed by atoms with Crippen LogP contribution in [-0.2, 0) is 19.1 Å². The molecular weight excluding hydrogens is 256 g/mol. The first-order valence-electron chi connectivity index (χ1n) is 5.22. The summed E-state index contributed by atoms with van der Waals surface area (Å²) in [4.78, 5) is 33.7. The fraction of sp³-hybridized carbons (Fsp3) is 0.250. The summed E-state index contributed by atoms with van der Waals surface area (Å²) in [6.07, 6.45) is -4.30. The molecule has 0 saturated carbocycles. The molecule has 0 spiro atoms. The Morgan fingerprint density at radius 3 is 2.05 bits per heavy atom. The fourth-order valence-corrected chi connectivity index (χ4v) is 1.16. The highest BCUT2D eigenvalue weighted by Crippen LogP contribution is 2.05. The Kier molecular flexibility index (Phi) is 5.16. The normalized spacial score (nSPS) is 13.2. The van der Waals surface area contributed by atoms with E-state index in [1.807, 2.05) is 0 Å². The second kappa shape index (κ2) is 6.62. The Morgan fingerprint density at radius 2 is 1.53 bits per heavy atom. The van der Waals surface area contributed by atoms with Crippen LogP contribution in [0, 0.1) is 0 Å². The molecule has 1 aromatic carbocycles. The molecule has 0 aliphatic heterocycles. The first-order valence-corrected chi connectivity index (χ1v) is 5.22. The summed E-state index contributed by atoms with van der Waals surface area (Å²) >= 11 is 0. The lowest BCUT2D eigenvalue weighted by Gasteiger charge is -2.13. The van der Waals surface area contributed by atoms with Gasteiger partial charge in [0.2, 0.25) is 0 Å². The van der Waals surface area contributed by atoms with Gasteiger partial charge in [0, 0.05) is 0 Å². The highest BCUT2D eigenvalue weighted by Gasteiger charge is 2.33. The monoisotopic (exact) mass is 268 g/mol. The number of benzene rings is 1. The molecule has 0 aliphatic carbocycles. The zero-order valence-electron chi connectivity index (χ0n) is 9.98. The van der Waals surface area contributed by atoms with E-state index in [0.717, 1.165) is 7.11 Å². The van der Waals surface area contributed by atoms with Gasteiger partial charge < -0.3 is 19.7 Å². The maximum absolute atomic E-state index is 11.5. The summed E-state index contributed by atoms with van der Waals surface area (Å²) in [5.41, 5.74) is 0.0932. The van der Waals surface area contributed by atoms with Crippen LogP contribution in [-0.4, -0.2) is 47.4 Å². The van der Waals surface area contributed by atoms with Crippen LogP contribution in [0.25, 0.3) is 0 Å². The number of methoxy groups -OCH3 is 1. The van der Waals surface area contributed by atoms with E-state index >= 15 is 0 Å². The van der Waals surface area contributed by atoms with Crippen LogP contribution in [0.4, 0.5) is 0 Å². The molecule has 2 N–H and O–H groups in total. The van der Waals surface area contributed by atoms with Crippen molar-refractivity contribution in [3.05, 3.63) is 35.9 Å². The number of ether oxygens (including phenoxy) is 2. The minimum Gasteiger partial charge on any atom is -0.467 e. The molecule has 0 fully saturated rings. The molecule has 2 unspecified atom stereocenters. The van der Waals surface area contributed by atoms with Crippen molar-refractivity contribution in [3.8, 4) is 0 Å². The van der Waals surface area contributed by atoms with Crippen LogP contribution in [0.2, 0.25) is 0 Å². The third kappa shape index (κ3) is 3.87. The zero-order chi connectivity index (χ0) is 14.4. The number of hydrogen-bond donors (Lipinski definition) is 2. The SMILES string of the molecule is COC(=O)C(O)C(O)C(=O)OC(=O)c1ccccc1. The van der Waals surface area contributed by atoms with E-state index < -0.39 is 30.1 Å². The maximum Gasteiger partial charge on any atom is 0.346 e. The number of hydrogen-bond acceptors (Lipinski definition) is 7. The quantitative estimate of drug-likeness (QED) is 0.546. The molecule has 0 aliphatic rings. The number of carbonyl (C=O) groups excluding carboxylic acids is 3. The minimum atomic E-state index is -2.19. The predicted molar refractivity (Wildman–Crippen MR) is 60.9 cm³/mol. The van der Waals surface area contributed by atoms with E-state index in [-0.39, 0.29) is 5.56 Å². The van der Waals surface area contributed by atoms with E-state index in [9.17, 15) is 24.6 Å². The highest BCUT2D eigenvalue weighted by molar-refractivity contribution is 5.99. The Morgan fingerprint density at radius 1 is 1.00 bits per heavy atom. The van der Waals surface area contributed by atoms with Gasteiger partial charge in [-0.3, -0.25) is 0 Å². The molecule has 1 rings (SSSR count). The molecule has 7 heteroatoms. The van der Waals surface area contributed by atoms with Crippen molar-refractivity contribution >= 4 is 17.9 Å². The van der Waals surface area contributed by atoms with Crippen molar-refractivity contribution in [3.63, 3.8) is 0 Å². The van der Waals surface area contributed by atoms with E-state index in [1.54, 1.807) is 18.2 Å². The lowest BCUT2D eigenvalue weighted by molar-refractivity contribution is -0.168. The minimum absolute atomic E-state index is 0.0932. The average Bonchev–Trinajstić information content (AvgIpc) is 2.45. The Hall–Kier alpha value is -2.25. The molecule has 19 heavy (non-hydrogen) atoms. The number of aliphatic hydroxyl groups is 2. The van der Waals surface area contributed by atoms with Gasteiger partial charge in [-0.05, 0) is 12.1 Å². The molecule has 1 aromatic rings. The number of esters is 3. The summed E-state index contributed by atoms with van der Waals surface area (Å²) in [6, 6.07) is 7.58. The smallest absolute Gasteiger partial charge is 0.346 e. The van der Waals surface area contributed by atoms with Gasteiger partial charge in [0.25, 0.3) is 0 Å². The molecule has 0 radical (unpaired) electrons. The summed E-state index contributed by atoms with van der Waals surface area (Å²) in [7, 11) is 0.971. The van der Waals surface area contributed by atoms with Gasteiger partial charge in [0.1, 0.15) is 0 Å². The first-order chi connectivity index (χ1) is 8.97. The highest BCUT2D eigenvalue weighted by atomic mass is 16.6. The van der Waals surface area contributed by atoms with Crippen molar-refractivity contribution in [1.29, 1.82) is 0 Å². The van der Waals surface area contributed by atoms with Gasteiger partial charge in [-0.25, -0.2) is 14.4 Å². The van der Waals surface area contributed by atoms with Crippen LogP contribution in [0.1, 0.15) is 10.4 Å². The number of rotatable bonds is 4. The van der Waals surface area contributed by atoms with Crippen molar-refractivity contribution in [2.45, 2.75) is 12.2 Å². The molecule has 102 valence electrons. The van der Waals surface area contributed by atoms with E-state index in [0.29, 0.717) is 0 Å². The van der Waals surface area contributed by atoms with Crippen molar-refractivity contribution < 1.29 is 34.1 Å². The largest absolute Gasteiger partial charge is 0.467 e. The standard InChI is InChI=1S/C12H12O7/c1-18-11(16)8(13)9(14)12(17)19-10(15)7-5-3-2-4-6-7/h2-6,8-9,13-14H,1H3. The second-order valence-corrected chi connectivity index (χ2v) is 3.49. The van der Waals surface area contributed by atoms with E-state index in [4.69, 9.17) is 0 Å². The van der Waals surface area contributed by atoms with Gasteiger partial charge in [0.15, 0.2) is 12.2 Å². The fourth-order valence-electron chi connectivity index (χ4n) is 1.16. The number of carbonyl (C=O) groups is 3. The first kappa shape index (κ1) is 14.8. The van der Waals surface area contributed by atoms with Crippen LogP contribution in [0.5, 0.6) is 0 Å². The molecule has 0 aromatic heterocycles. The molecule has 0 bridgehead atoms. The second-order valence-electron chi connectivity index (χ2n) is 3.49. The molecule has 0 saturated heterocycles. The zero-order valence-corrected chi connectivity index (χ0v) is 9.98. The van der Waals surface area contributed by atoms with Gasteiger partial charge in [-0.1, -0.05) is 18.2 Å². The Balaban J connectivity index is 2.65. The van der Waals surface area contributed by atoms with E-state index in [1.165, 1.54) is 12.1 Å². The van der Waals surface area contributed by atoms with Gasteiger partial charge in [-0.2, -0.15) is 0 Å². The Bertz CT molecular complexity index is 468. The topological polar surface area (TPSA) is 110 Å². The molecular formula is C12H12O7. The molecule has 2 atom stereocenters. The van der Waals surface area contributed by atoms with Crippen LogP contribution in [0.3, 0.4) is 0 Å². The molecule has 0 amide bonds. The average molecular weight is 268 g/mol. The Labute approximate surface area is 108 Å². The molecule has 7 nitrogen and oxygen atoms in total. The maximum atomic E-state index is 11.5. The van der Waals surface area contributed by atoms with Crippen molar-refractivity contribution in [2.75, 3.05) is 7.11 Å². The summed E-state index contributed by atoms with van der Waals surface area (Å²) in [5.74, 6) is -3.65. The summed E-state index contributed by atoms with van der Waals surface area (Å²) < 4.78 is 8.45. The van der Waals surface area contributed by atoms with Gasteiger partial charge in [-0.15, -0.1) is 0 Å². The predicted octanol–water partition coefficient (Wildman–Crippen LogP) is -0.735. The summed E-state index contributed by atoms with van der Waals surface area (Å²) in [6.45, 7) is 0. The van der Waals surface area contributed by atoms with Crippen LogP contribution < -0.4 is 0 Å². The van der Waals surface area contributed by atoms with Crippen molar-refractivity contribution in [1.82, 2.24) is 0 Å². The lowest BCUT2D eigenvalue weighted by atomic mass is 10.2. The lowest BCUT2D eigenvalue weighted by Crippen LogP contribution is -2.42. The van der Waals surface area contributed by atoms with Crippen LogP contribution >= 0.6 is 0 Å². The summed E-state index contributed by atoms with van der Waals surface area (Å²) in [5, 5.41) is 18.5. The van der Waals surface area contributed by atoms with Gasteiger partial charge >= 0.3 is 17.9 Å². The molecule has 0 heterocycles. The number of aliphatic hydroxyl groups excluding tert-OH is 2. The van der Waals surface area contributed by atoms with Crippen molar-refractivity contribution in [2.24, 2.45) is 0 Å². The van der Waals surface area contributed by atoms with Crippen LogP contribution in [0.15, 0.2) is 30.3 Å². The third-order valence-corrected chi connectivity index (χ3v) is 2.19.